The number of esters is 1. The third kappa shape index (κ3) is 8.11. The van der Waals surface area contributed by atoms with Gasteiger partial charge in [-0.2, -0.15) is 13.4 Å². The van der Waals surface area contributed by atoms with Crippen molar-refractivity contribution in [3.63, 3.8) is 0 Å². The van der Waals surface area contributed by atoms with Crippen LogP contribution in [0.25, 0.3) is 11.4 Å². The number of nitrogens with one attached hydrogen (secondary N) is 1. The standard InChI is InChI=1S/C29H29N5O10S/c1-6-41-29(36)43-18(3)42-28(35)20-15-19(13-14-30-20)25-32-26(34-45(37,38)23-12-11-17(2)16-31-23)24(27(33-25)40-5)44-22-10-8-7-9-21(22)39-4/h7-16,18H,6H2,1-5H3,(H,32,33,34). The SMILES string of the molecule is CCOC(=O)OC(C)OC(=O)c1cc(-c2nc(NS(=O)(=O)c3ccc(C)cn3)c(Oc3ccccc3OC)c(OC)n2)ccn1. The topological polar surface area (TPSA) is 187 Å². The molecule has 4 rings (SSSR count). The maximum atomic E-state index is 13.4. The molecule has 0 amide bonds. The van der Waals surface area contributed by atoms with Gasteiger partial charge in [0.15, 0.2) is 28.2 Å². The number of rotatable bonds is 12. The Morgan fingerprint density at radius 2 is 1.71 bits per heavy atom. The summed E-state index contributed by atoms with van der Waals surface area (Å²) in [6, 6.07) is 12.4. The Labute approximate surface area is 258 Å². The minimum Gasteiger partial charge on any atom is -0.493 e. The maximum absolute atomic E-state index is 13.4. The Bertz CT molecular complexity index is 1780. The van der Waals surface area contributed by atoms with Crippen LogP contribution in [-0.4, -0.2) is 67.6 Å². The summed E-state index contributed by atoms with van der Waals surface area (Å²) >= 11 is 0. The van der Waals surface area contributed by atoms with Gasteiger partial charge in [0.05, 0.1) is 20.8 Å². The molecule has 3 aromatic heterocycles. The molecule has 0 aliphatic rings. The van der Waals surface area contributed by atoms with Crippen LogP contribution in [0.1, 0.15) is 29.9 Å². The second-order valence-corrected chi connectivity index (χ2v) is 10.6. The summed E-state index contributed by atoms with van der Waals surface area (Å²) in [5.74, 6) is -1.07. The molecule has 1 N–H and O–H groups in total. The van der Waals surface area contributed by atoms with Crippen molar-refractivity contribution in [1.82, 2.24) is 19.9 Å². The number of sulfonamides is 1. The summed E-state index contributed by atoms with van der Waals surface area (Å²) in [7, 11) is -1.54. The third-order valence-electron chi connectivity index (χ3n) is 5.72. The number of pyridine rings is 2. The zero-order valence-electron chi connectivity index (χ0n) is 24.8. The van der Waals surface area contributed by atoms with E-state index in [4.69, 9.17) is 23.7 Å². The first-order chi connectivity index (χ1) is 21.5. The van der Waals surface area contributed by atoms with E-state index in [-0.39, 0.29) is 51.9 Å². The third-order valence-corrected chi connectivity index (χ3v) is 6.98. The molecule has 0 radical (unpaired) electrons. The van der Waals surface area contributed by atoms with E-state index in [9.17, 15) is 18.0 Å². The molecule has 1 atom stereocenters. The van der Waals surface area contributed by atoms with Crippen molar-refractivity contribution < 1.29 is 46.4 Å². The molecule has 1 unspecified atom stereocenters. The maximum Gasteiger partial charge on any atom is 0.511 e. The minimum absolute atomic E-state index is 0.0685. The van der Waals surface area contributed by atoms with Crippen molar-refractivity contribution in [2.45, 2.75) is 32.1 Å². The van der Waals surface area contributed by atoms with Gasteiger partial charge in [0.1, 0.15) is 5.69 Å². The molecule has 0 saturated heterocycles. The van der Waals surface area contributed by atoms with Crippen LogP contribution in [0, 0.1) is 6.92 Å². The zero-order chi connectivity index (χ0) is 32.6. The summed E-state index contributed by atoms with van der Waals surface area (Å²) < 4.78 is 60.7. The average molecular weight is 640 g/mol. The molecule has 0 saturated carbocycles. The highest BCUT2D eigenvalue weighted by Crippen LogP contribution is 2.41. The number of carbonyl (C=O) groups is 2. The highest BCUT2D eigenvalue weighted by atomic mass is 32.2. The van der Waals surface area contributed by atoms with Gasteiger partial charge in [0.25, 0.3) is 15.9 Å². The second-order valence-electron chi connectivity index (χ2n) is 8.97. The van der Waals surface area contributed by atoms with E-state index in [2.05, 4.69) is 29.4 Å². The van der Waals surface area contributed by atoms with Gasteiger partial charge in [-0.15, -0.1) is 0 Å². The van der Waals surface area contributed by atoms with Gasteiger partial charge >= 0.3 is 12.1 Å². The molecule has 0 aliphatic heterocycles. The Morgan fingerprint density at radius 1 is 0.956 bits per heavy atom. The predicted molar refractivity (Wildman–Crippen MR) is 158 cm³/mol. The van der Waals surface area contributed by atoms with E-state index in [0.717, 1.165) is 5.56 Å². The van der Waals surface area contributed by atoms with E-state index >= 15 is 0 Å². The number of hydrogen-bond donors (Lipinski definition) is 1. The Balaban J connectivity index is 1.76. The first-order valence-electron chi connectivity index (χ1n) is 13.3. The van der Waals surface area contributed by atoms with Crippen LogP contribution in [0.3, 0.4) is 0 Å². The largest absolute Gasteiger partial charge is 0.511 e. The molecule has 0 spiro atoms. The lowest BCUT2D eigenvalue weighted by molar-refractivity contribution is -0.0814. The average Bonchev–Trinajstić information content (AvgIpc) is 3.02. The number of anilines is 1. The quantitative estimate of drug-likeness (QED) is 0.168. The predicted octanol–water partition coefficient (Wildman–Crippen LogP) is 4.53. The molecule has 15 nitrogen and oxygen atoms in total. The van der Waals surface area contributed by atoms with Crippen molar-refractivity contribution >= 4 is 28.0 Å². The van der Waals surface area contributed by atoms with Crippen molar-refractivity contribution in [2.24, 2.45) is 0 Å². The number of aryl methyl sites for hydroxylation is 1. The summed E-state index contributed by atoms with van der Waals surface area (Å²) in [4.78, 5) is 41.1. The Morgan fingerprint density at radius 3 is 2.38 bits per heavy atom. The summed E-state index contributed by atoms with van der Waals surface area (Å²) in [6.07, 6.45) is 0.411. The normalized spacial score (nSPS) is 11.6. The van der Waals surface area contributed by atoms with Gasteiger partial charge in [-0.25, -0.2) is 24.5 Å². The molecular weight excluding hydrogens is 610 g/mol. The van der Waals surface area contributed by atoms with E-state index in [1.807, 2.05) is 0 Å². The lowest BCUT2D eigenvalue weighted by Gasteiger charge is -2.17. The van der Waals surface area contributed by atoms with E-state index in [1.165, 1.54) is 51.7 Å². The Kier molecular flexibility index (Phi) is 10.3. The molecule has 0 aliphatic carbocycles. The van der Waals surface area contributed by atoms with Gasteiger partial charge in [-0.1, -0.05) is 18.2 Å². The number of carbonyl (C=O) groups excluding carboxylic acids is 2. The van der Waals surface area contributed by atoms with Crippen molar-refractivity contribution in [3.05, 3.63) is 72.2 Å². The second kappa shape index (κ2) is 14.3. The molecule has 0 fully saturated rings. The van der Waals surface area contributed by atoms with E-state index in [1.54, 1.807) is 44.2 Å². The number of aromatic nitrogens is 4. The Hall–Kier alpha value is -5.51. The van der Waals surface area contributed by atoms with Crippen molar-refractivity contribution in [2.75, 3.05) is 25.5 Å². The van der Waals surface area contributed by atoms with Crippen molar-refractivity contribution in [3.8, 4) is 34.5 Å². The number of methoxy groups -OCH3 is 2. The molecule has 4 aromatic rings. The zero-order valence-corrected chi connectivity index (χ0v) is 25.7. The van der Waals surface area contributed by atoms with Crippen LogP contribution >= 0.6 is 0 Å². The molecule has 0 bridgehead atoms. The van der Waals surface area contributed by atoms with Gasteiger partial charge in [-0.3, -0.25) is 4.72 Å². The van der Waals surface area contributed by atoms with E-state index < -0.39 is 28.4 Å². The van der Waals surface area contributed by atoms with Crippen LogP contribution in [0.4, 0.5) is 10.6 Å². The van der Waals surface area contributed by atoms with Crippen LogP contribution in [-0.2, 0) is 24.2 Å². The minimum atomic E-state index is -4.29. The fourth-order valence-electron chi connectivity index (χ4n) is 3.67. The highest BCUT2D eigenvalue weighted by molar-refractivity contribution is 7.92. The van der Waals surface area contributed by atoms with Gasteiger partial charge in [0, 0.05) is 24.9 Å². The van der Waals surface area contributed by atoms with Crippen molar-refractivity contribution in [1.29, 1.82) is 0 Å². The monoisotopic (exact) mass is 639 g/mol. The molecular formula is C29H29N5O10S. The smallest absolute Gasteiger partial charge is 0.493 e. The van der Waals surface area contributed by atoms with Gasteiger partial charge in [-0.05, 0) is 49.7 Å². The molecule has 45 heavy (non-hydrogen) atoms. The number of nitrogens with zero attached hydrogens (tertiary/aromatic N) is 4. The molecule has 3 heterocycles. The summed E-state index contributed by atoms with van der Waals surface area (Å²) in [5, 5.41) is -0.274. The van der Waals surface area contributed by atoms with Gasteiger partial charge in [0.2, 0.25) is 12.0 Å². The molecule has 16 heteroatoms. The molecule has 236 valence electrons. The number of benzene rings is 1. The fourth-order valence-corrected chi connectivity index (χ4v) is 4.60. The lowest BCUT2D eigenvalue weighted by atomic mass is 10.2. The number of para-hydroxylation sites is 2. The van der Waals surface area contributed by atoms with Crippen LogP contribution < -0.4 is 18.9 Å². The number of ether oxygens (including phenoxy) is 6. The van der Waals surface area contributed by atoms with Crippen LogP contribution in [0.2, 0.25) is 0 Å². The molecule has 1 aromatic carbocycles. The lowest BCUT2D eigenvalue weighted by Crippen LogP contribution is -2.22. The first kappa shape index (κ1) is 32.4. The van der Waals surface area contributed by atoms with Crippen LogP contribution in [0.5, 0.6) is 23.1 Å². The first-order valence-corrected chi connectivity index (χ1v) is 14.8. The van der Waals surface area contributed by atoms with Gasteiger partial charge < -0.3 is 28.4 Å². The highest BCUT2D eigenvalue weighted by Gasteiger charge is 2.26. The number of hydrogen-bond acceptors (Lipinski definition) is 14. The van der Waals surface area contributed by atoms with E-state index in [0.29, 0.717) is 5.75 Å². The summed E-state index contributed by atoms with van der Waals surface area (Å²) in [6.45, 7) is 4.77. The fraction of sp³-hybridized carbons (Fsp3) is 0.241. The van der Waals surface area contributed by atoms with Crippen LogP contribution in [0.15, 0.2) is 66.0 Å². The summed E-state index contributed by atoms with van der Waals surface area (Å²) in [5.41, 5.74) is 0.802.